The van der Waals surface area contributed by atoms with Crippen molar-refractivity contribution < 1.29 is 19.1 Å². The molecule has 0 aliphatic carbocycles. The average molecular weight is 373 g/mol. The Hall–Kier alpha value is -2.87. The number of thiazole rings is 1. The van der Waals surface area contributed by atoms with Gasteiger partial charge in [-0.2, -0.15) is 0 Å². The number of benzene rings is 1. The second kappa shape index (κ2) is 6.80. The molecule has 0 fully saturated rings. The van der Waals surface area contributed by atoms with Gasteiger partial charge in [0.25, 0.3) is 0 Å². The first-order chi connectivity index (χ1) is 12.3. The Kier molecular flexibility index (Phi) is 4.69. The molecule has 6 nitrogen and oxygen atoms in total. The van der Waals surface area contributed by atoms with Crippen LogP contribution in [0.1, 0.15) is 36.2 Å². The number of hydrogen-bond acceptors (Lipinski definition) is 5. The van der Waals surface area contributed by atoms with Crippen molar-refractivity contribution in [3.05, 3.63) is 63.0 Å². The normalized spacial score (nSPS) is 17.3. The summed E-state index contributed by atoms with van der Waals surface area (Å²) in [6, 6.07) is 4.63. The fourth-order valence-corrected chi connectivity index (χ4v) is 3.50. The number of halogens is 1. The first-order valence-corrected chi connectivity index (χ1v) is 8.68. The molecular weight excluding hydrogens is 357 g/mol. The highest BCUT2D eigenvalue weighted by atomic mass is 32.1. The van der Waals surface area contributed by atoms with Crippen LogP contribution in [0, 0.1) is 12.7 Å². The summed E-state index contributed by atoms with van der Waals surface area (Å²) in [6.45, 7) is 4.74. The van der Waals surface area contributed by atoms with Gasteiger partial charge in [-0.05, 0) is 31.5 Å². The number of carbonyl (C=O) groups is 2. The number of hydrogen-bond donors (Lipinski definition) is 1. The molecule has 0 bridgehead atoms. The lowest BCUT2D eigenvalue weighted by Crippen LogP contribution is -2.40. The molecule has 1 aromatic heterocycles. The van der Waals surface area contributed by atoms with Crippen molar-refractivity contribution in [2.24, 2.45) is 4.99 Å². The van der Waals surface area contributed by atoms with E-state index in [2.05, 4.69) is 9.98 Å². The molecule has 1 amide bonds. The van der Waals surface area contributed by atoms with Gasteiger partial charge in [-0.15, -0.1) is 11.3 Å². The number of aryl methyl sites for hydroxylation is 1. The molecule has 0 saturated heterocycles. The van der Waals surface area contributed by atoms with E-state index in [4.69, 9.17) is 0 Å². The Morgan fingerprint density at radius 3 is 2.38 bits per heavy atom. The van der Waals surface area contributed by atoms with Crippen molar-refractivity contribution >= 4 is 29.0 Å². The highest BCUT2D eigenvalue weighted by molar-refractivity contribution is 7.09. The van der Waals surface area contributed by atoms with Gasteiger partial charge < -0.3 is 5.11 Å². The molecule has 1 unspecified atom stereocenters. The van der Waals surface area contributed by atoms with Crippen molar-refractivity contribution in [1.82, 2.24) is 9.88 Å². The van der Waals surface area contributed by atoms with Gasteiger partial charge in [-0.1, -0.05) is 12.1 Å². The highest BCUT2D eigenvalue weighted by Gasteiger charge is 2.36. The van der Waals surface area contributed by atoms with E-state index in [1.165, 1.54) is 47.4 Å². The summed E-state index contributed by atoms with van der Waals surface area (Å²) in [5.41, 5.74) is 1.27. The minimum atomic E-state index is -1.18. The molecular formula is C18H16FN3O3S. The summed E-state index contributed by atoms with van der Waals surface area (Å²) in [6.07, 6.45) is 0. The zero-order valence-electron chi connectivity index (χ0n) is 14.4. The summed E-state index contributed by atoms with van der Waals surface area (Å²) >= 11 is 1.41. The first kappa shape index (κ1) is 17.9. The van der Waals surface area contributed by atoms with Gasteiger partial charge in [-0.3, -0.25) is 14.7 Å². The highest BCUT2D eigenvalue weighted by Crippen LogP contribution is 2.35. The largest absolute Gasteiger partial charge is 0.478 e. The number of aliphatic carboxylic acids is 1. The maximum atomic E-state index is 13.3. The Bertz CT molecular complexity index is 947. The number of carbonyl (C=O) groups excluding carboxylic acids is 1. The van der Waals surface area contributed by atoms with Gasteiger partial charge in [0.05, 0.1) is 10.6 Å². The lowest BCUT2D eigenvalue weighted by Gasteiger charge is -2.31. The Balaban J connectivity index is 2.22. The van der Waals surface area contributed by atoms with Gasteiger partial charge in [0.2, 0.25) is 5.91 Å². The summed E-state index contributed by atoms with van der Waals surface area (Å²) in [5.74, 6) is -1.67. The van der Waals surface area contributed by atoms with Crippen molar-refractivity contribution in [2.75, 3.05) is 0 Å². The van der Waals surface area contributed by atoms with Crippen LogP contribution in [0.3, 0.4) is 0 Å². The van der Waals surface area contributed by atoms with Gasteiger partial charge in [0.15, 0.2) is 5.84 Å². The van der Waals surface area contributed by atoms with Crippen LogP contribution >= 0.6 is 11.3 Å². The van der Waals surface area contributed by atoms with Crippen molar-refractivity contribution in [2.45, 2.75) is 26.8 Å². The summed E-state index contributed by atoms with van der Waals surface area (Å²) < 4.78 is 13.3. The molecule has 8 heteroatoms. The van der Waals surface area contributed by atoms with E-state index in [0.29, 0.717) is 17.1 Å². The molecule has 1 N–H and O–H groups in total. The van der Waals surface area contributed by atoms with Crippen molar-refractivity contribution in [1.29, 1.82) is 0 Å². The van der Waals surface area contributed by atoms with Gasteiger partial charge in [-0.25, -0.2) is 14.2 Å². The Labute approximate surface area is 153 Å². The minimum Gasteiger partial charge on any atom is -0.478 e. The second-order valence-electron chi connectivity index (χ2n) is 5.82. The third-order valence-corrected chi connectivity index (χ3v) is 4.81. The van der Waals surface area contributed by atoms with Crippen molar-refractivity contribution in [3.8, 4) is 0 Å². The lowest BCUT2D eigenvalue weighted by molar-refractivity contribution is -0.133. The van der Waals surface area contributed by atoms with Crippen LogP contribution in [-0.2, 0) is 9.59 Å². The fraction of sp³-hybridized carbons (Fsp3) is 0.222. The van der Waals surface area contributed by atoms with Crippen LogP contribution in [-0.4, -0.2) is 32.7 Å². The number of carboxylic acids is 1. The number of aromatic nitrogens is 1. The molecule has 0 spiro atoms. The summed E-state index contributed by atoms with van der Waals surface area (Å²) in [4.78, 5) is 34.2. The summed E-state index contributed by atoms with van der Waals surface area (Å²) in [7, 11) is 0. The molecule has 0 saturated carbocycles. The van der Waals surface area contributed by atoms with E-state index >= 15 is 0 Å². The fourth-order valence-electron chi connectivity index (χ4n) is 2.91. The van der Waals surface area contributed by atoms with Gasteiger partial charge in [0.1, 0.15) is 17.6 Å². The third-order valence-electron chi connectivity index (χ3n) is 4.04. The molecule has 2 aromatic rings. The monoisotopic (exact) mass is 373 g/mol. The first-order valence-electron chi connectivity index (χ1n) is 7.80. The topological polar surface area (TPSA) is 82.9 Å². The number of rotatable bonds is 3. The van der Waals surface area contributed by atoms with Crippen LogP contribution < -0.4 is 0 Å². The lowest BCUT2D eigenvalue weighted by atomic mass is 9.95. The van der Waals surface area contributed by atoms with E-state index in [1.54, 1.807) is 12.3 Å². The zero-order chi connectivity index (χ0) is 19.0. The van der Waals surface area contributed by atoms with E-state index < -0.39 is 17.8 Å². The third kappa shape index (κ3) is 3.15. The van der Waals surface area contributed by atoms with E-state index in [0.717, 1.165) is 5.01 Å². The predicted molar refractivity (Wildman–Crippen MR) is 95.4 cm³/mol. The van der Waals surface area contributed by atoms with E-state index in [1.807, 2.05) is 6.92 Å². The number of aliphatic imine (C=N–C) groups is 1. The van der Waals surface area contributed by atoms with Gasteiger partial charge >= 0.3 is 5.97 Å². The summed E-state index contributed by atoms with van der Waals surface area (Å²) in [5, 5.41) is 12.3. The number of allylic oxidation sites excluding steroid dienone is 1. The molecule has 134 valence electrons. The van der Waals surface area contributed by atoms with E-state index in [-0.39, 0.29) is 17.2 Å². The Morgan fingerprint density at radius 2 is 1.88 bits per heavy atom. The molecule has 3 rings (SSSR count). The average Bonchev–Trinajstić information content (AvgIpc) is 3.00. The van der Waals surface area contributed by atoms with Gasteiger partial charge in [0, 0.05) is 18.0 Å². The minimum absolute atomic E-state index is 0.0255. The standard InChI is InChI=1S/C18H16FN3O3S/c1-9-15(18(24)25)16(12-4-6-13(19)7-5-12)21-17(22(9)11(3)23)14-8-26-10(2)20-14/h4-8,16H,1-3H3,(H,24,25). The van der Waals surface area contributed by atoms with Crippen LogP contribution in [0.4, 0.5) is 4.39 Å². The molecule has 1 aromatic carbocycles. The number of carboxylic acid groups (broad SMARTS) is 1. The molecule has 1 aliphatic heterocycles. The molecule has 26 heavy (non-hydrogen) atoms. The Morgan fingerprint density at radius 1 is 1.23 bits per heavy atom. The molecule has 1 atom stereocenters. The number of amides is 1. The maximum Gasteiger partial charge on any atom is 0.335 e. The van der Waals surface area contributed by atoms with E-state index in [9.17, 15) is 19.1 Å². The molecule has 1 aliphatic rings. The molecule has 2 heterocycles. The van der Waals surface area contributed by atoms with Crippen LogP contribution in [0.2, 0.25) is 0 Å². The number of nitrogens with zero attached hydrogens (tertiary/aromatic N) is 3. The smallest absolute Gasteiger partial charge is 0.335 e. The maximum absolute atomic E-state index is 13.3. The number of amidine groups is 1. The van der Waals surface area contributed by atoms with Crippen LogP contribution in [0.15, 0.2) is 45.9 Å². The quantitative estimate of drug-likeness (QED) is 0.895. The van der Waals surface area contributed by atoms with Crippen LogP contribution in [0.5, 0.6) is 0 Å². The molecule has 0 radical (unpaired) electrons. The predicted octanol–water partition coefficient (Wildman–Crippen LogP) is 3.30. The second-order valence-corrected chi connectivity index (χ2v) is 6.88. The zero-order valence-corrected chi connectivity index (χ0v) is 15.2. The van der Waals surface area contributed by atoms with Crippen LogP contribution in [0.25, 0.3) is 0 Å². The van der Waals surface area contributed by atoms with Crippen molar-refractivity contribution in [3.63, 3.8) is 0 Å². The SMILES string of the molecule is CC(=O)N1C(c2csc(C)n2)=NC(c2ccc(F)cc2)C(C(=O)O)=C1C.